The van der Waals surface area contributed by atoms with Gasteiger partial charge in [-0.3, -0.25) is 0 Å². The first-order chi connectivity index (χ1) is 9.44. The van der Waals surface area contributed by atoms with E-state index in [2.05, 4.69) is 10.6 Å². The third kappa shape index (κ3) is 3.93. The van der Waals surface area contributed by atoms with Crippen LogP contribution in [0.25, 0.3) is 0 Å². The zero-order valence-electron chi connectivity index (χ0n) is 10.1. The monoisotopic (exact) mass is 329 g/mol. The summed E-state index contributed by atoms with van der Waals surface area (Å²) in [5.41, 5.74) is 7.05. The van der Waals surface area contributed by atoms with Gasteiger partial charge in [-0.25, -0.2) is 4.79 Å². The number of hydrogen-bond acceptors (Lipinski definition) is 2. The van der Waals surface area contributed by atoms with Gasteiger partial charge in [0.05, 0.1) is 10.7 Å². The second-order valence-electron chi connectivity index (χ2n) is 3.97. The Morgan fingerprint density at radius 1 is 0.900 bits per heavy atom. The van der Waals surface area contributed by atoms with E-state index in [1.807, 2.05) is 0 Å². The highest BCUT2D eigenvalue weighted by atomic mass is 35.5. The van der Waals surface area contributed by atoms with Crippen LogP contribution in [-0.2, 0) is 0 Å². The minimum atomic E-state index is -0.440. The van der Waals surface area contributed by atoms with E-state index in [-0.39, 0.29) is 0 Å². The molecular formula is C13H10Cl3N3O. The molecular weight excluding hydrogens is 321 g/mol. The number of carbonyl (C=O) groups excluding carboxylic acids is 1. The summed E-state index contributed by atoms with van der Waals surface area (Å²) in [6.45, 7) is 0. The highest BCUT2D eigenvalue weighted by molar-refractivity contribution is 6.35. The molecule has 0 unspecified atom stereocenters. The predicted octanol–water partition coefficient (Wildman–Crippen LogP) is 4.87. The molecule has 0 aliphatic carbocycles. The van der Waals surface area contributed by atoms with Crippen molar-refractivity contribution in [1.29, 1.82) is 0 Å². The quantitative estimate of drug-likeness (QED) is 0.687. The number of amides is 2. The summed E-state index contributed by atoms with van der Waals surface area (Å²) in [6.07, 6.45) is 0. The summed E-state index contributed by atoms with van der Waals surface area (Å²) in [4.78, 5) is 11.8. The first-order valence-corrected chi connectivity index (χ1v) is 6.66. The summed E-state index contributed by atoms with van der Waals surface area (Å²) in [5, 5.41) is 6.53. The van der Waals surface area contributed by atoms with Crippen LogP contribution in [-0.4, -0.2) is 6.03 Å². The van der Waals surface area contributed by atoms with E-state index in [0.29, 0.717) is 32.1 Å². The number of anilines is 3. The molecule has 0 fully saturated rings. The summed E-state index contributed by atoms with van der Waals surface area (Å²) >= 11 is 17.5. The van der Waals surface area contributed by atoms with Crippen LogP contribution in [0.1, 0.15) is 0 Å². The Bertz CT molecular complexity index is 641. The van der Waals surface area contributed by atoms with Crippen molar-refractivity contribution in [2.24, 2.45) is 0 Å². The summed E-state index contributed by atoms with van der Waals surface area (Å²) in [6, 6.07) is 9.11. The van der Waals surface area contributed by atoms with Crippen LogP contribution in [0.4, 0.5) is 21.9 Å². The highest BCUT2D eigenvalue weighted by Crippen LogP contribution is 2.24. The molecule has 2 aromatic carbocycles. The molecule has 0 saturated carbocycles. The number of nitrogens with one attached hydrogen (secondary N) is 2. The molecule has 0 aliphatic rings. The number of nitrogen functional groups attached to an aromatic ring is 1. The molecule has 2 amide bonds. The maximum Gasteiger partial charge on any atom is 0.323 e. The summed E-state index contributed by atoms with van der Waals surface area (Å²) in [5.74, 6) is 0. The lowest BCUT2D eigenvalue weighted by Gasteiger charge is -2.09. The van der Waals surface area contributed by atoms with Crippen molar-refractivity contribution in [2.75, 3.05) is 16.4 Å². The van der Waals surface area contributed by atoms with Crippen molar-refractivity contribution >= 4 is 57.9 Å². The molecule has 0 heterocycles. The summed E-state index contributed by atoms with van der Waals surface area (Å²) < 4.78 is 0. The van der Waals surface area contributed by atoms with Gasteiger partial charge in [-0.05, 0) is 36.4 Å². The molecule has 0 aliphatic heterocycles. The van der Waals surface area contributed by atoms with Gasteiger partial charge in [-0.2, -0.15) is 0 Å². The van der Waals surface area contributed by atoms with Gasteiger partial charge in [0.25, 0.3) is 0 Å². The number of urea groups is 1. The van der Waals surface area contributed by atoms with E-state index in [4.69, 9.17) is 40.5 Å². The third-order valence-corrected chi connectivity index (χ3v) is 3.15. The first-order valence-electron chi connectivity index (χ1n) is 5.53. The van der Waals surface area contributed by atoms with Gasteiger partial charge >= 0.3 is 6.03 Å². The number of hydrogen-bond donors (Lipinski definition) is 3. The van der Waals surface area contributed by atoms with Gasteiger partial charge in [0, 0.05) is 21.4 Å². The van der Waals surface area contributed by atoms with Crippen molar-refractivity contribution in [2.45, 2.75) is 0 Å². The normalized spacial score (nSPS) is 10.2. The molecule has 2 rings (SSSR count). The SMILES string of the molecule is Nc1cc(NC(=O)Nc2cc(Cl)cc(Cl)c2)ccc1Cl. The minimum Gasteiger partial charge on any atom is -0.397 e. The maximum atomic E-state index is 11.8. The average Bonchev–Trinajstić information content (AvgIpc) is 2.32. The van der Waals surface area contributed by atoms with E-state index in [1.165, 1.54) is 0 Å². The van der Waals surface area contributed by atoms with Gasteiger partial charge in [-0.1, -0.05) is 34.8 Å². The van der Waals surface area contributed by atoms with E-state index >= 15 is 0 Å². The minimum absolute atomic E-state index is 0.385. The zero-order chi connectivity index (χ0) is 14.7. The molecule has 4 nitrogen and oxygen atoms in total. The smallest absolute Gasteiger partial charge is 0.323 e. The second-order valence-corrected chi connectivity index (χ2v) is 5.25. The Morgan fingerprint density at radius 2 is 1.50 bits per heavy atom. The molecule has 0 radical (unpaired) electrons. The number of nitrogens with two attached hydrogens (primary N) is 1. The van der Waals surface area contributed by atoms with Crippen molar-refractivity contribution in [3.05, 3.63) is 51.5 Å². The Labute approximate surface area is 130 Å². The molecule has 0 bridgehead atoms. The van der Waals surface area contributed by atoms with Crippen LogP contribution >= 0.6 is 34.8 Å². The van der Waals surface area contributed by atoms with Crippen molar-refractivity contribution < 1.29 is 4.79 Å². The van der Waals surface area contributed by atoms with Crippen LogP contribution in [0.3, 0.4) is 0 Å². The first kappa shape index (κ1) is 14.8. The van der Waals surface area contributed by atoms with Gasteiger partial charge in [0.2, 0.25) is 0 Å². The van der Waals surface area contributed by atoms with E-state index in [1.54, 1.807) is 36.4 Å². The molecule has 104 valence electrons. The Kier molecular flexibility index (Phi) is 4.60. The molecule has 7 heteroatoms. The largest absolute Gasteiger partial charge is 0.397 e. The average molecular weight is 331 g/mol. The van der Waals surface area contributed by atoms with E-state index < -0.39 is 6.03 Å². The zero-order valence-corrected chi connectivity index (χ0v) is 12.4. The van der Waals surface area contributed by atoms with Gasteiger partial charge in [-0.15, -0.1) is 0 Å². The van der Waals surface area contributed by atoms with Crippen LogP contribution in [0.15, 0.2) is 36.4 Å². The van der Waals surface area contributed by atoms with Crippen molar-refractivity contribution in [1.82, 2.24) is 0 Å². The third-order valence-electron chi connectivity index (χ3n) is 2.37. The van der Waals surface area contributed by atoms with Crippen molar-refractivity contribution in [3.8, 4) is 0 Å². The molecule has 0 aromatic heterocycles. The van der Waals surface area contributed by atoms with Gasteiger partial charge < -0.3 is 16.4 Å². The fourth-order valence-electron chi connectivity index (χ4n) is 1.54. The van der Waals surface area contributed by atoms with E-state index in [0.717, 1.165) is 0 Å². The van der Waals surface area contributed by atoms with Crippen molar-refractivity contribution in [3.63, 3.8) is 0 Å². The standard InChI is InChI=1S/C13H10Cl3N3O/c14-7-3-8(15)5-10(4-7)19-13(20)18-9-1-2-11(16)12(17)6-9/h1-6H,17H2,(H2,18,19,20). The second kappa shape index (κ2) is 6.22. The van der Waals surface area contributed by atoms with Crippen LogP contribution in [0.5, 0.6) is 0 Å². The lowest BCUT2D eigenvalue weighted by molar-refractivity contribution is 0.262. The Balaban J connectivity index is 2.06. The summed E-state index contributed by atoms with van der Waals surface area (Å²) in [7, 11) is 0. The number of halogens is 3. The van der Waals surface area contributed by atoms with Crippen LogP contribution < -0.4 is 16.4 Å². The molecule has 4 N–H and O–H groups in total. The van der Waals surface area contributed by atoms with Crippen LogP contribution in [0, 0.1) is 0 Å². The molecule has 0 spiro atoms. The highest BCUT2D eigenvalue weighted by Gasteiger charge is 2.06. The van der Waals surface area contributed by atoms with Gasteiger partial charge in [0.1, 0.15) is 0 Å². The maximum absolute atomic E-state index is 11.8. The topological polar surface area (TPSA) is 67.1 Å². The van der Waals surface area contributed by atoms with E-state index in [9.17, 15) is 4.79 Å². The Morgan fingerprint density at radius 3 is 2.10 bits per heavy atom. The Hall–Kier alpha value is -1.62. The predicted molar refractivity (Wildman–Crippen MR) is 85.0 cm³/mol. The number of carbonyl (C=O) groups is 1. The lowest BCUT2D eigenvalue weighted by Crippen LogP contribution is -2.19. The molecule has 20 heavy (non-hydrogen) atoms. The fraction of sp³-hybridized carbons (Fsp3) is 0. The molecule has 0 atom stereocenters. The van der Waals surface area contributed by atoms with Crippen LogP contribution in [0.2, 0.25) is 15.1 Å². The molecule has 2 aromatic rings. The number of benzene rings is 2. The van der Waals surface area contributed by atoms with Gasteiger partial charge in [0.15, 0.2) is 0 Å². The lowest BCUT2D eigenvalue weighted by atomic mass is 10.3. The molecule has 0 saturated heterocycles. The number of rotatable bonds is 2. The fourth-order valence-corrected chi connectivity index (χ4v) is 2.18.